The van der Waals surface area contributed by atoms with Crippen molar-refractivity contribution in [3.63, 3.8) is 0 Å². The van der Waals surface area contributed by atoms with Crippen LogP contribution in [0.25, 0.3) is 11.1 Å². The third-order valence-corrected chi connectivity index (χ3v) is 7.51. The summed E-state index contributed by atoms with van der Waals surface area (Å²) in [6.07, 6.45) is 5.70. The van der Waals surface area contributed by atoms with Gasteiger partial charge in [-0.2, -0.15) is 0 Å². The van der Waals surface area contributed by atoms with Gasteiger partial charge in [0.25, 0.3) is 5.91 Å². The minimum Gasteiger partial charge on any atom is -0.336 e. The van der Waals surface area contributed by atoms with Gasteiger partial charge < -0.3 is 4.90 Å². The molecule has 6 rings (SSSR count). The zero-order valence-electron chi connectivity index (χ0n) is 21.3. The quantitative estimate of drug-likeness (QED) is 0.365. The average Bonchev–Trinajstić information content (AvgIpc) is 3.14. The van der Waals surface area contributed by atoms with Crippen LogP contribution in [0.1, 0.15) is 59.1 Å². The number of anilines is 2. The van der Waals surface area contributed by atoms with E-state index in [2.05, 4.69) is 33.1 Å². The third kappa shape index (κ3) is 3.68. The molecule has 0 bridgehead atoms. The standard InChI is InChI=1S/C30H27FN4O2/c1-17-14-30(3,4)35-27-22(17)11-21(31)12-23(27)24(28(35)37)13-26(36)25-15-32-29(33-18(25)2)34-10-9-19-7-5-6-8-20(19)16-34/h5-8,11-15H,9-10,16H2,1-4H3. The summed E-state index contributed by atoms with van der Waals surface area (Å²) in [5.74, 6) is -0.561. The molecule has 0 atom stereocenters. The second kappa shape index (κ2) is 8.20. The normalized spacial score (nSPS) is 18.6. The lowest BCUT2D eigenvalue weighted by Gasteiger charge is -2.38. The van der Waals surface area contributed by atoms with Gasteiger partial charge >= 0.3 is 0 Å². The molecule has 0 unspecified atom stereocenters. The number of carbonyl (C=O) groups excluding carboxylic acids is 2. The predicted molar refractivity (Wildman–Crippen MR) is 142 cm³/mol. The molecule has 0 saturated carbocycles. The molecule has 6 nitrogen and oxygen atoms in total. The number of carbonyl (C=O) groups is 2. The third-order valence-electron chi connectivity index (χ3n) is 7.51. The van der Waals surface area contributed by atoms with E-state index >= 15 is 0 Å². The van der Waals surface area contributed by atoms with E-state index in [9.17, 15) is 14.0 Å². The summed E-state index contributed by atoms with van der Waals surface area (Å²) in [5, 5.41) is 0. The molecule has 0 spiro atoms. The Morgan fingerprint density at radius 1 is 1.11 bits per heavy atom. The van der Waals surface area contributed by atoms with Gasteiger partial charge in [-0.1, -0.05) is 30.3 Å². The number of hydrogen-bond acceptors (Lipinski definition) is 5. The highest BCUT2D eigenvalue weighted by Crippen LogP contribution is 2.49. The van der Waals surface area contributed by atoms with Crippen molar-refractivity contribution in [1.29, 1.82) is 0 Å². The maximum Gasteiger partial charge on any atom is 0.259 e. The smallest absolute Gasteiger partial charge is 0.259 e. The van der Waals surface area contributed by atoms with Crippen molar-refractivity contribution < 1.29 is 14.0 Å². The average molecular weight is 495 g/mol. The highest BCUT2D eigenvalue weighted by Gasteiger charge is 2.45. The molecule has 7 heteroatoms. The van der Waals surface area contributed by atoms with Crippen LogP contribution in [0.4, 0.5) is 16.0 Å². The number of nitrogens with zero attached hydrogens (tertiary/aromatic N) is 4. The van der Waals surface area contributed by atoms with Crippen LogP contribution in [0.5, 0.6) is 0 Å². The molecule has 4 heterocycles. The summed E-state index contributed by atoms with van der Waals surface area (Å²) >= 11 is 0. The Labute approximate surface area is 215 Å². The Morgan fingerprint density at radius 3 is 2.59 bits per heavy atom. The van der Waals surface area contributed by atoms with E-state index in [1.54, 1.807) is 11.8 Å². The van der Waals surface area contributed by atoms with Crippen molar-refractivity contribution in [2.75, 3.05) is 16.3 Å². The lowest BCUT2D eigenvalue weighted by atomic mass is 9.89. The molecule has 3 aliphatic rings. The van der Waals surface area contributed by atoms with E-state index in [-0.39, 0.29) is 17.3 Å². The van der Waals surface area contributed by atoms with Gasteiger partial charge in [0.05, 0.1) is 28.1 Å². The van der Waals surface area contributed by atoms with E-state index in [0.717, 1.165) is 18.5 Å². The first kappa shape index (κ1) is 23.3. The minimum atomic E-state index is -0.604. The number of benzene rings is 2. The van der Waals surface area contributed by atoms with Crippen molar-refractivity contribution in [2.24, 2.45) is 0 Å². The number of rotatable bonds is 3. The first-order chi connectivity index (χ1) is 17.6. The molecule has 1 amide bonds. The van der Waals surface area contributed by atoms with Gasteiger partial charge in [-0.3, -0.25) is 14.5 Å². The molecule has 3 aromatic rings. The Balaban J connectivity index is 1.34. The Bertz CT molecular complexity index is 1570. The molecule has 2 aromatic carbocycles. The van der Waals surface area contributed by atoms with E-state index in [0.29, 0.717) is 40.6 Å². The second-order valence-electron chi connectivity index (χ2n) is 10.5. The first-order valence-corrected chi connectivity index (χ1v) is 12.4. The molecular weight excluding hydrogens is 467 g/mol. The number of aryl methyl sites for hydroxylation is 1. The van der Waals surface area contributed by atoms with Crippen LogP contribution in [0.2, 0.25) is 0 Å². The number of halogens is 1. The highest BCUT2D eigenvalue weighted by molar-refractivity contribution is 6.37. The van der Waals surface area contributed by atoms with Gasteiger partial charge in [-0.25, -0.2) is 14.4 Å². The van der Waals surface area contributed by atoms with E-state index in [1.807, 2.05) is 32.9 Å². The summed E-state index contributed by atoms with van der Waals surface area (Å²) in [7, 11) is 0. The van der Waals surface area contributed by atoms with Crippen LogP contribution >= 0.6 is 0 Å². The Hall–Kier alpha value is -4.13. The van der Waals surface area contributed by atoms with Gasteiger partial charge in [-0.15, -0.1) is 0 Å². The fourth-order valence-electron chi connectivity index (χ4n) is 5.77. The number of ketones is 1. The Morgan fingerprint density at radius 2 is 1.84 bits per heavy atom. The molecule has 0 aliphatic carbocycles. The van der Waals surface area contributed by atoms with Crippen molar-refractivity contribution >= 4 is 34.5 Å². The first-order valence-electron chi connectivity index (χ1n) is 12.4. The van der Waals surface area contributed by atoms with Crippen molar-refractivity contribution in [3.8, 4) is 0 Å². The lowest BCUT2D eigenvalue weighted by Crippen LogP contribution is -2.46. The van der Waals surface area contributed by atoms with Gasteiger partial charge in [0.2, 0.25) is 5.95 Å². The molecule has 3 aliphatic heterocycles. The van der Waals surface area contributed by atoms with E-state index in [1.165, 1.54) is 35.5 Å². The molecule has 0 fully saturated rings. The summed E-state index contributed by atoms with van der Waals surface area (Å²) in [6, 6.07) is 11.1. The van der Waals surface area contributed by atoms with Crippen molar-refractivity contribution in [1.82, 2.24) is 9.97 Å². The summed E-state index contributed by atoms with van der Waals surface area (Å²) in [5.41, 5.74) is 5.70. The minimum absolute atomic E-state index is 0.188. The maximum atomic E-state index is 14.6. The predicted octanol–water partition coefficient (Wildman–Crippen LogP) is 5.30. The molecule has 0 N–H and O–H groups in total. The van der Waals surface area contributed by atoms with Crippen LogP contribution in [0.15, 0.2) is 54.7 Å². The summed E-state index contributed by atoms with van der Waals surface area (Å²) in [6.45, 7) is 9.07. The largest absolute Gasteiger partial charge is 0.336 e. The molecule has 1 aromatic heterocycles. The van der Waals surface area contributed by atoms with Crippen LogP contribution in [-0.4, -0.2) is 33.7 Å². The van der Waals surface area contributed by atoms with Crippen molar-refractivity contribution in [3.05, 3.63) is 94.1 Å². The zero-order valence-corrected chi connectivity index (χ0v) is 21.3. The molecule has 0 saturated heterocycles. The number of amides is 1. The lowest BCUT2D eigenvalue weighted by molar-refractivity contribution is -0.113. The van der Waals surface area contributed by atoms with E-state index in [4.69, 9.17) is 0 Å². The summed E-state index contributed by atoms with van der Waals surface area (Å²) < 4.78 is 14.6. The van der Waals surface area contributed by atoms with E-state index < -0.39 is 11.4 Å². The zero-order chi connectivity index (χ0) is 26.1. The molecule has 186 valence electrons. The molecule has 0 radical (unpaired) electrons. The SMILES string of the molecule is CC1=CC(C)(C)N2C(=O)C(=CC(=O)c3cnc(N4CCc5ccccc5C4)nc3C)c3cc(F)cc1c32. The molecule has 37 heavy (non-hydrogen) atoms. The van der Waals surface area contributed by atoms with Crippen LogP contribution in [0, 0.1) is 12.7 Å². The fraction of sp³-hybridized carbons (Fsp3) is 0.267. The molecular formula is C30H27FN4O2. The summed E-state index contributed by atoms with van der Waals surface area (Å²) in [4.78, 5) is 39.8. The number of fused-ring (bicyclic) bond motifs is 1. The number of allylic oxidation sites excluding steroid dienone is 2. The fourth-order valence-corrected chi connectivity index (χ4v) is 5.77. The number of aromatic nitrogens is 2. The second-order valence-corrected chi connectivity index (χ2v) is 10.5. The van der Waals surface area contributed by atoms with Crippen molar-refractivity contribution in [2.45, 2.75) is 46.2 Å². The van der Waals surface area contributed by atoms with Gasteiger partial charge in [-0.05, 0) is 69.0 Å². The van der Waals surface area contributed by atoms with Crippen LogP contribution in [0.3, 0.4) is 0 Å². The van der Waals surface area contributed by atoms with Crippen LogP contribution < -0.4 is 9.80 Å². The highest BCUT2D eigenvalue weighted by atomic mass is 19.1. The van der Waals surface area contributed by atoms with Gasteiger partial charge in [0.1, 0.15) is 5.82 Å². The van der Waals surface area contributed by atoms with Crippen LogP contribution in [-0.2, 0) is 17.8 Å². The number of hydrogen-bond donors (Lipinski definition) is 0. The maximum absolute atomic E-state index is 14.6. The topological polar surface area (TPSA) is 66.4 Å². The van der Waals surface area contributed by atoms with Gasteiger partial charge in [0.15, 0.2) is 5.78 Å². The van der Waals surface area contributed by atoms with Gasteiger partial charge in [0, 0.05) is 30.4 Å². The monoisotopic (exact) mass is 494 g/mol. The Kier molecular flexibility index (Phi) is 5.16.